The van der Waals surface area contributed by atoms with Crippen molar-refractivity contribution in [1.82, 2.24) is 9.80 Å². The maximum Gasteiger partial charge on any atom is 0.0236 e. The second kappa shape index (κ2) is 3.80. The minimum Gasteiger partial charge on any atom is -0.330 e. The van der Waals surface area contributed by atoms with Crippen molar-refractivity contribution in [2.75, 3.05) is 39.3 Å². The Bertz CT molecular complexity index is 203. The number of nitrogens with two attached hydrogens (primary N) is 1. The summed E-state index contributed by atoms with van der Waals surface area (Å²) < 4.78 is 0. The van der Waals surface area contributed by atoms with Gasteiger partial charge >= 0.3 is 0 Å². The Morgan fingerprint density at radius 1 is 1.29 bits per heavy atom. The van der Waals surface area contributed by atoms with Crippen molar-refractivity contribution in [3.05, 3.63) is 0 Å². The lowest BCUT2D eigenvalue weighted by Crippen LogP contribution is -2.50. The molecule has 0 aromatic carbocycles. The van der Waals surface area contributed by atoms with Crippen molar-refractivity contribution in [2.24, 2.45) is 11.1 Å². The highest BCUT2D eigenvalue weighted by molar-refractivity contribution is 4.90. The molecule has 82 valence electrons. The van der Waals surface area contributed by atoms with Crippen LogP contribution >= 0.6 is 0 Å². The lowest BCUT2D eigenvalue weighted by atomic mass is 9.92. The number of nitrogens with zero attached hydrogens (tertiary/aromatic N) is 2. The SMILES string of the molecule is CC(C)(CN)CN1CCN2CCC1C2. The van der Waals surface area contributed by atoms with E-state index in [0.717, 1.165) is 12.6 Å². The first-order valence-corrected chi connectivity index (χ1v) is 5.77. The minimum atomic E-state index is 0.282. The van der Waals surface area contributed by atoms with Gasteiger partial charge in [0.2, 0.25) is 0 Å². The average Bonchev–Trinajstić information content (AvgIpc) is 2.54. The molecule has 0 radical (unpaired) electrons. The maximum atomic E-state index is 5.78. The molecule has 14 heavy (non-hydrogen) atoms. The van der Waals surface area contributed by atoms with Gasteiger partial charge in [0.1, 0.15) is 0 Å². The third-order valence-electron chi connectivity index (χ3n) is 3.65. The molecular weight excluding hydrogens is 174 g/mol. The first-order chi connectivity index (χ1) is 6.61. The number of hydrogen-bond acceptors (Lipinski definition) is 3. The van der Waals surface area contributed by atoms with Gasteiger partial charge in [0.15, 0.2) is 0 Å². The molecule has 3 heteroatoms. The van der Waals surface area contributed by atoms with E-state index in [9.17, 15) is 0 Å². The summed E-state index contributed by atoms with van der Waals surface area (Å²) in [5, 5.41) is 0. The Kier molecular flexibility index (Phi) is 2.82. The summed E-state index contributed by atoms with van der Waals surface area (Å²) in [4.78, 5) is 5.23. The van der Waals surface area contributed by atoms with Crippen LogP contribution in [-0.2, 0) is 0 Å². The monoisotopic (exact) mass is 197 g/mol. The molecule has 2 aliphatic heterocycles. The standard InChI is InChI=1S/C11H23N3/c1-11(2,8-12)9-14-6-5-13-4-3-10(14)7-13/h10H,3-9,12H2,1-2H3. The van der Waals surface area contributed by atoms with Crippen molar-refractivity contribution in [3.8, 4) is 0 Å². The van der Waals surface area contributed by atoms with Crippen molar-refractivity contribution >= 4 is 0 Å². The largest absolute Gasteiger partial charge is 0.330 e. The molecule has 2 fully saturated rings. The van der Waals surface area contributed by atoms with Crippen LogP contribution in [0.5, 0.6) is 0 Å². The van der Waals surface area contributed by atoms with E-state index in [1.165, 1.54) is 39.1 Å². The van der Waals surface area contributed by atoms with Gasteiger partial charge in [-0.15, -0.1) is 0 Å². The summed E-state index contributed by atoms with van der Waals surface area (Å²) >= 11 is 0. The van der Waals surface area contributed by atoms with Gasteiger partial charge in [-0.3, -0.25) is 4.90 Å². The van der Waals surface area contributed by atoms with E-state index >= 15 is 0 Å². The summed E-state index contributed by atoms with van der Waals surface area (Å²) in [6.45, 7) is 11.6. The molecule has 0 aliphatic carbocycles. The topological polar surface area (TPSA) is 32.5 Å². The van der Waals surface area contributed by atoms with Crippen LogP contribution in [0.15, 0.2) is 0 Å². The van der Waals surface area contributed by atoms with Gasteiger partial charge in [-0.05, 0) is 24.9 Å². The quantitative estimate of drug-likeness (QED) is 0.709. The molecule has 2 saturated heterocycles. The normalized spacial score (nSPS) is 33.6. The highest BCUT2D eigenvalue weighted by atomic mass is 15.3. The first kappa shape index (κ1) is 10.4. The molecule has 2 bridgehead atoms. The third-order valence-corrected chi connectivity index (χ3v) is 3.65. The molecule has 0 spiro atoms. The first-order valence-electron chi connectivity index (χ1n) is 5.77. The highest BCUT2D eigenvalue weighted by Crippen LogP contribution is 2.24. The fourth-order valence-corrected chi connectivity index (χ4v) is 2.59. The third kappa shape index (κ3) is 2.10. The molecule has 2 unspecified atom stereocenters. The van der Waals surface area contributed by atoms with Crippen LogP contribution in [-0.4, -0.2) is 55.1 Å². The zero-order valence-corrected chi connectivity index (χ0v) is 9.50. The molecule has 0 saturated carbocycles. The second-order valence-electron chi connectivity index (χ2n) is 5.58. The van der Waals surface area contributed by atoms with Gasteiger partial charge in [0.05, 0.1) is 0 Å². The fourth-order valence-electron chi connectivity index (χ4n) is 2.59. The smallest absolute Gasteiger partial charge is 0.0236 e. The summed E-state index contributed by atoms with van der Waals surface area (Å²) in [5.41, 5.74) is 6.07. The maximum absolute atomic E-state index is 5.78. The van der Waals surface area contributed by atoms with Crippen molar-refractivity contribution in [1.29, 1.82) is 0 Å². The number of rotatable bonds is 3. The van der Waals surface area contributed by atoms with E-state index in [-0.39, 0.29) is 5.41 Å². The van der Waals surface area contributed by atoms with Gasteiger partial charge in [-0.25, -0.2) is 0 Å². The Hall–Kier alpha value is -0.120. The van der Waals surface area contributed by atoms with Gasteiger partial charge < -0.3 is 10.6 Å². The molecule has 2 aliphatic rings. The number of fused-ring (bicyclic) bond motifs is 2. The van der Waals surface area contributed by atoms with Crippen LogP contribution < -0.4 is 5.73 Å². The second-order valence-corrected chi connectivity index (χ2v) is 5.58. The van der Waals surface area contributed by atoms with Gasteiger partial charge in [0, 0.05) is 32.2 Å². The van der Waals surface area contributed by atoms with Crippen molar-refractivity contribution < 1.29 is 0 Å². The van der Waals surface area contributed by atoms with E-state index in [4.69, 9.17) is 5.73 Å². The van der Waals surface area contributed by atoms with Crippen LogP contribution in [0, 0.1) is 5.41 Å². The minimum absolute atomic E-state index is 0.282. The molecule has 0 aromatic rings. The van der Waals surface area contributed by atoms with Crippen LogP contribution in [0.25, 0.3) is 0 Å². The lowest BCUT2D eigenvalue weighted by Gasteiger charge is -2.39. The van der Waals surface area contributed by atoms with E-state index in [2.05, 4.69) is 23.6 Å². The molecule has 2 N–H and O–H groups in total. The van der Waals surface area contributed by atoms with Crippen LogP contribution in [0.2, 0.25) is 0 Å². The average molecular weight is 197 g/mol. The molecule has 3 nitrogen and oxygen atoms in total. The molecule has 2 atom stereocenters. The molecule has 2 rings (SSSR count). The fraction of sp³-hybridized carbons (Fsp3) is 1.00. The number of piperazine rings is 1. The summed E-state index contributed by atoms with van der Waals surface area (Å²) in [6, 6.07) is 0.814. The summed E-state index contributed by atoms with van der Waals surface area (Å²) in [5.74, 6) is 0. The van der Waals surface area contributed by atoms with Crippen LogP contribution in [0.1, 0.15) is 20.3 Å². The molecular formula is C11H23N3. The lowest BCUT2D eigenvalue weighted by molar-refractivity contribution is 0.0943. The Balaban J connectivity index is 1.92. The van der Waals surface area contributed by atoms with E-state index < -0.39 is 0 Å². The van der Waals surface area contributed by atoms with E-state index in [1.54, 1.807) is 0 Å². The Morgan fingerprint density at radius 2 is 2.07 bits per heavy atom. The van der Waals surface area contributed by atoms with Gasteiger partial charge in [0.25, 0.3) is 0 Å². The highest BCUT2D eigenvalue weighted by Gasteiger charge is 2.34. The van der Waals surface area contributed by atoms with E-state index in [1.807, 2.05) is 0 Å². The predicted molar refractivity (Wildman–Crippen MR) is 59.3 cm³/mol. The van der Waals surface area contributed by atoms with E-state index in [0.29, 0.717) is 0 Å². The van der Waals surface area contributed by atoms with Crippen LogP contribution in [0.4, 0.5) is 0 Å². The predicted octanol–water partition coefficient (Wildman–Crippen LogP) is 0.361. The molecule has 0 amide bonds. The Labute approximate surface area is 87.2 Å². The van der Waals surface area contributed by atoms with Gasteiger partial charge in [-0.2, -0.15) is 0 Å². The van der Waals surface area contributed by atoms with Crippen LogP contribution in [0.3, 0.4) is 0 Å². The summed E-state index contributed by atoms with van der Waals surface area (Å²) in [6.07, 6.45) is 1.36. The molecule has 0 aromatic heterocycles. The van der Waals surface area contributed by atoms with Crippen molar-refractivity contribution in [3.63, 3.8) is 0 Å². The van der Waals surface area contributed by atoms with Gasteiger partial charge in [-0.1, -0.05) is 13.8 Å². The molecule has 2 heterocycles. The summed E-state index contributed by atoms with van der Waals surface area (Å²) in [7, 11) is 0. The zero-order valence-electron chi connectivity index (χ0n) is 9.50. The zero-order chi connectivity index (χ0) is 10.2. The Morgan fingerprint density at radius 3 is 2.79 bits per heavy atom. The van der Waals surface area contributed by atoms with Crippen molar-refractivity contribution in [2.45, 2.75) is 26.3 Å². The number of hydrogen-bond donors (Lipinski definition) is 1.